The van der Waals surface area contributed by atoms with E-state index >= 15 is 0 Å². The molecule has 0 spiro atoms. The Balaban J connectivity index is 3.02. The minimum absolute atomic E-state index is 0.362. The summed E-state index contributed by atoms with van der Waals surface area (Å²) < 4.78 is 26.2. The highest BCUT2D eigenvalue weighted by atomic mass is 35.5. The van der Waals surface area contributed by atoms with E-state index in [2.05, 4.69) is 0 Å². The molecular weight excluding hydrogens is 206 g/mol. The monoisotopic (exact) mass is 218 g/mol. The highest BCUT2D eigenvalue weighted by Gasteiger charge is 2.14. The van der Waals surface area contributed by atoms with Crippen molar-refractivity contribution in [3.8, 4) is 0 Å². The molecular formula is C11H13ClF2. The summed E-state index contributed by atoms with van der Waals surface area (Å²) in [7, 11) is 0. The molecule has 0 heterocycles. The van der Waals surface area contributed by atoms with E-state index in [0.717, 1.165) is 12.5 Å². The van der Waals surface area contributed by atoms with Gasteiger partial charge in [-0.3, -0.25) is 0 Å². The molecule has 0 aliphatic carbocycles. The molecule has 0 fully saturated rings. The molecule has 0 radical (unpaired) electrons. The van der Waals surface area contributed by atoms with Crippen LogP contribution < -0.4 is 0 Å². The van der Waals surface area contributed by atoms with E-state index in [4.69, 9.17) is 11.6 Å². The van der Waals surface area contributed by atoms with Gasteiger partial charge in [-0.1, -0.05) is 13.3 Å². The Morgan fingerprint density at radius 1 is 1.29 bits per heavy atom. The lowest BCUT2D eigenvalue weighted by atomic mass is 10.0. The van der Waals surface area contributed by atoms with Crippen LogP contribution in [0.2, 0.25) is 0 Å². The summed E-state index contributed by atoms with van der Waals surface area (Å²) in [6, 6.07) is 2.38. The van der Waals surface area contributed by atoms with E-state index in [9.17, 15) is 8.78 Å². The SMILES string of the molecule is CCCC(Cl)c1cc(C)c(F)cc1F. The van der Waals surface area contributed by atoms with Crippen molar-refractivity contribution in [2.75, 3.05) is 0 Å². The molecule has 14 heavy (non-hydrogen) atoms. The largest absolute Gasteiger partial charge is 0.207 e. The van der Waals surface area contributed by atoms with Gasteiger partial charge in [0.2, 0.25) is 0 Å². The lowest BCUT2D eigenvalue weighted by molar-refractivity contribution is 0.561. The first-order valence-electron chi connectivity index (χ1n) is 4.65. The fraction of sp³-hybridized carbons (Fsp3) is 0.455. The van der Waals surface area contributed by atoms with Crippen molar-refractivity contribution in [2.24, 2.45) is 0 Å². The topological polar surface area (TPSA) is 0 Å². The summed E-state index contributed by atoms with van der Waals surface area (Å²) in [5.41, 5.74) is 0.829. The van der Waals surface area contributed by atoms with Crippen LogP contribution in [0.5, 0.6) is 0 Å². The number of hydrogen-bond donors (Lipinski definition) is 0. The average Bonchev–Trinajstić information content (AvgIpc) is 2.11. The first kappa shape index (κ1) is 11.4. The Morgan fingerprint density at radius 3 is 2.50 bits per heavy atom. The van der Waals surface area contributed by atoms with E-state index in [-0.39, 0.29) is 5.38 Å². The van der Waals surface area contributed by atoms with Crippen molar-refractivity contribution in [3.05, 3.63) is 34.9 Å². The maximum Gasteiger partial charge on any atom is 0.130 e. The van der Waals surface area contributed by atoms with Gasteiger partial charge in [0.1, 0.15) is 11.6 Å². The summed E-state index contributed by atoms with van der Waals surface area (Å²) in [6.45, 7) is 3.58. The van der Waals surface area contributed by atoms with Gasteiger partial charge in [-0.25, -0.2) is 8.78 Å². The number of halogens is 3. The van der Waals surface area contributed by atoms with Crippen LogP contribution in [0, 0.1) is 18.6 Å². The average molecular weight is 219 g/mol. The lowest BCUT2D eigenvalue weighted by Crippen LogP contribution is -1.97. The zero-order chi connectivity index (χ0) is 10.7. The third-order valence-electron chi connectivity index (χ3n) is 2.16. The van der Waals surface area contributed by atoms with Crippen LogP contribution in [0.15, 0.2) is 12.1 Å². The van der Waals surface area contributed by atoms with Crippen molar-refractivity contribution in [2.45, 2.75) is 32.1 Å². The van der Waals surface area contributed by atoms with E-state index in [1.807, 2.05) is 6.92 Å². The molecule has 1 rings (SSSR count). The quantitative estimate of drug-likeness (QED) is 0.662. The van der Waals surface area contributed by atoms with Crippen molar-refractivity contribution in [1.82, 2.24) is 0 Å². The molecule has 3 heteroatoms. The Morgan fingerprint density at radius 2 is 1.93 bits per heavy atom. The third-order valence-corrected chi connectivity index (χ3v) is 2.61. The molecule has 78 valence electrons. The molecule has 0 bridgehead atoms. The molecule has 0 aliphatic heterocycles. The van der Waals surface area contributed by atoms with E-state index in [1.54, 1.807) is 6.92 Å². The van der Waals surface area contributed by atoms with Crippen molar-refractivity contribution in [3.63, 3.8) is 0 Å². The van der Waals surface area contributed by atoms with Gasteiger partial charge in [0.05, 0.1) is 5.38 Å². The maximum absolute atomic E-state index is 13.3. The Hall–Kier alpha value is -0.630. The number of alkyl halides is 1. The molecule has 0 nitrogen and oxygen atoms in total. The van der Waals surface area contributed by atoms with Crippen LogP contribution in [-0.2, 0) is 0 Å². The summed E-state index contributed by atoms with van der Waals surface area (Å²) in [5.74, 6) is -1.08. The van der Waals surface area contributed by atoms with E-state index in [0.29, 0.717) is 17.5 Å². The van der Waals surface area contributed by atoms with Gasteiger partial charge in [-0.2, -0.15) is 0 Å². The van der Waals surface area contributed by atoms with Crippen molar-refractivity contribution < 1.29 is 8.78 Å². The summed E-state index contributed by atoms with van der Waals surface area (Å²) >= 11 is 5.97. The molecule has 1 atom stereocenters. The molecule has 1 aromatic rings. The van der Waals surface area contributed by atoms with E-state index < -0.39 is 11.6 Å². The van der Waals surface area contributed by atoms with Gasteiger partial charge in [0.25, 0.3) is 0 Å². The Bertz CT molecular complexity index is 323. The van der Waals surface area contributed by atoms with Crippen LogP contribution in [0.4, 0.5) is 8.78 Å². The zero-order valence-electron chi connectivity index (χ0n) is 8.28. The Labute approximate surface area is 87.9 Å². The first-order chi connectivity index (χ1) is 6.56. The molecule has 0 N–H and O–H groups in total. The van der Waals surface area contributed by atoms with Crippen LogP contribution >= 0.6 is 11.6 Å². The van der Waals surface area contributed by atoms with Crippen molar-refractivity contribution in [1.29, 1.82) is 0 Å². The van der Waals surface area contributed by atoms with Gasteiger partial charge in [-0.05, 0) is 25.0 Å². The fourth-order valence-corrected chi connectivity index (χ4v) is 1.71. The maximum atomic E-state index is 13.3. The zero-order valence-corrected chi connectivity index (χ0v) is 9.04. The third kappa shape index (κ3) is 2.44. The van der Waals surface area contributed by atoms with Crippen LogP contribution in [-0.4, -0.2) is 0 Å². The number of hydrogen-bond acceptors (Lipinski definition) is 0. The van der Waals surface area contributed by atoms with Gasteiger partial charge < -0.3 is 0 Å². The number of benzene rings is 1. The molecule has 0 saturated carbocycles. The summed E-state index contributed by atoms with van der Waals surface area (Å²) in [5, 5.41) is -0.362. The normalized spacial score (nSPS) is 12.9. The predicted molar refractivity (Wildman–Crippen MR) is 54.6 cm³/mol. The molecule has 0 amide bonds. The van der Waals surface area contributed by atoms with Gasteiger partial charge in [-0.15, -0.1) is 11.6 Å². The Kier molecular flexibility index (Phi) is 3.87. The standard InChI is InChI=1S/C11H13ClF2/c1-3-4-9(12)8-5-7(2)10(13)6-11(8)14/h5-6,9H,3-4H2,1-2H3. The smallest absolute Gasteiger partial charge is 0.130 e. The van der Waals surface area contributed by atoms with Gasteiger partial charge in [0, 0.05) is 11.6 Å². The molecule has 1 aromatic carbocycles. The van der Waals surface area contributed by atoms with Gasteiger partial charge in [0.15, 0.2) is 0 Å². The minimum atomic E-state index is -0.554. The van der Waals surface area contributed by atoms with Gasteiger partial charge >= 0.3 is 0 Å². The van der Waals surface area contributed by atoms with Crippen LogP contribution in [0.25, 0.3) is 0 Å². The minimum Gasteiger partial charge on any atom is -0.207 e. The summed E-state index contributed by atoms with van der Waals surface area (Å²) in [4.78, 5) is 0. The number of aryl methyl sites for hydroxylation is 1. The second-order valence-corrected chi connectivity index (χ2v) is 3.91. The molecule has 0 aromatic heterocycles. The van der Waals surface area contributed by atoms with Crippen LogP contribution in [0.1, 0.15) is 36.3 Å². The predicted octanol–water partition coefficient (Wildman–Crippen LogP) is 4.35. The molecule has 1 unspecified atom stereocenters. The highest BCUT2D eigenvalue weighted by Crippen LogP contribution is 2.29. The second kappa shape index (κ2) is 4.74. The van der Waals surface area contributed by atoms with Crippen molar-refractivity contribution >= 4 is 11.6 Å². The lowest BCUT2D eigenvalue weighted by Gasteiger charge is -2.10. The van der Waals surface area contributed by atoms with Crippen LogP contribution in [0.3, 0.4) is 0 Å². The highest BCUT2D eigenvalue weighted by molar-refractivity contribution is 6.20. The van der Waals surface area contributed by atoms with E-state index in [1.165, 1.54) is 6.07 Å². The molecule has 0 saturated heterocycles. The fourth-order valence-electron chi connectivity index (χ4n) is 1.33. The second-order valence-electron chi connectivity index (χ2n) is 3.38. The first-order valence-corrected chi connectivity index (χ1v) is 5.09. The molecule has 0 aliphatic rings. The summed E-state index contributed by atoms with van der Waals surface area (Å²) in [6.07, 6.45) is 1.58. The number of rotatable bonds is 3.